The van der Waals surface area contributed by atoms with Gasteiger partial charge in [-0.25, -0.2) is 4.79 Å². The molecule has 1 heterocycles. The predicted octanol–water partition coefficient (Wildman–Crippen LogP) is 2.11. The second-order valence-electron chi connectivity index (χ2n) is 6.09. The van der Waals surface area contributed by atoms with E-state index in [4.69, 9.17) is 10.6 Å². The Balaban J connectivity index is 2.66. The van der Waals surface area contributed by atoms with Gasteiger partial charge in [0.25, 0.3) is 5.56 Å². The number of nitrogen functional groups attached to an aromatic ring is 1. The Bertz CT molecular complexity index is 788. The van der Waals surface area contributed by atoms with Gasteiger partial charge in [0, 0.05) is 11.3 Å². The Morgan fingerprint density at radius 3 is 2.43 bits per heavy atom. The predicted molar refractivity (Wildman–Crippen MR) is 88.2 cm³/mol. The molecule has 6 nitrogen and oxygen atoms in total. The van der Waals surface area contributed by atoms with Gasteiger partial charge < -0.3 is 15.3 Å². The molecule has 2 rings (SSSR count). The normalized spacial score (nSPS) is 11.1. The second kappa shape index (κ2) is 6.16. The Labute approximate surface area is 134 Å². The van der Waals surface area contributed by atoms with Crippen LogP contribution in [-0.2, 0) is 4.74 Å². The van der Waals surface area contributed by atoms with E-state index in [0.29, 0.717) is 11.3 Å². The maximum Gasteiger partial charge on any atom is 0.343 e. The zero-order valence-electron chi connectivity index (χ0n) is 13.6. The number of aromatic nitrogens is 1. The first-order valence-corrected chi connectivity index (χ1v) is 7.12. The summed E-state index contributed by atoms with van der Waals surface area (Å²) in [5, 5.41) is 0. The van der Waals surface area contributed by atoms with E-state index in [1.165, 1.54) is 19.4 Å². The number of rotatable bonds is 3. The van der Waals surface area contributed by atoms with Crippen LogP contribution >= 0.6 is 0 Å². The van der Waals surface area contributed by atoms with Gasteiger partial charge in [0.15, 0.2) is 0 Å². The fourth-order valence-electron chi connectivity index (χ4n) is 2.05. The molecule has 0 aliphatic rings. The lowest BCUT2D eigenvalue weighted by molar-refractivity contribution is -0.0209. The van der Waals surface area contributed by atoms with Gasteiger partial charge in [-0.15, -0.1) is 0 Å². The van der Waals surface area contributed by atoms with E-state index in [-0.39, 0.29) is 5.56 Å². The number of hydrogen-bond acceptors (Lipinski definition) is 5. The Hall–Kier alpha value is -2.76. The number of carbonyl (C=O) groups excluding carboxylic acids is 1. The van der Waals surface area contributed by atoms with Crippen LogP contribution in [0.5, 0.6) is 0 Å². The summed E-state index contributed by atoms with van der Waals surface area (Å²) in [5.74, 6) is -0.716. The van der Waals surface area contributed by atoms with E-state index >= 15 is 0 Å². The highest BCUT2D eigenvalue weighted by Crippen LogP contribution is 2.21. The molecule has 2 aromatic rings. The number of carbonyl (C=O) groups is 1. The number of anilines is 1. The van der Waals surface area contributed by atoms with Crippen LogP contribution in [0.1, 0.15) is 31.1 Å². The summed E-state index contributed by atoms with van der Waals surface area (Å²) >= 11 is 0. The van der Waals surface area contributed by atoms with Gasteiger partial charge in [0.2, 0.25) is 0 Å². The number of nitrogens with two attached hydrogens (primary N) is 1. The molecule has 0 bridgehead atoms. The summed E-state index contributed by atoms with van der Waals surface area (Å²) in [6.07, 6.45) is 1.54. The van der Waals surface area contributed by atoms with Gasteiger partial charge in [0.05, 0.1) is 13.3 Å². The molecular weight excluding hydrogens is 296 g/mol. The van der Waals surface area contributed by atoms with Crippen molar-refractivity contribution in [2.24, 2.45) is 0 Å². The van der Waals surface area contributed by atoms with Crippen molar-refractivity contribution in [3.05, 3.63) is 52.4 Å². The van der Waals surface area contributed by atoms with Crippen LogP contribution in [0, 0.1) is 0 Å². The van der Waals surface area contributed by atoms with Crippen LogP contribution < -0.4 is 16.1 Å². The third-order valence-electron chi connectivity index (χ3n) is 2.98. The summed E-state index contributed by atoms with van der Waals surface area (Å²) in [7, 11) is 1.23. The van der Waals surface area contributed by atoms with Gasteiger partial charge in [-0.05, 0) is 44.5 Å². The third-order valence-corrected chi connectivity index (χ3v) is 2.98. The maximum absolute atomic E-state index is 12.4. The molecule has 0 saturated heterocycles. The Morgan fingerprint density at radius 2 is 1.87 bits per heavy atom. The van der Waals surface area contributed by atoms with Gasteiger partial charge in [-0.1, -0.05) is 12.1 Å². The first-order chi connectivity index (χ1) is 10.7. The highest BCUT2D eigenvalue weighted by Gasteiger charge is 2.20. The molecule has 1 aromatic heterocycles. The molecule has 0 amide bonds. The zero-order valence-corrected chi connectivity index (χ0v) is 13.6. The Kier molecular flexibility index (Phi) is 4.45. The molecule has 0 unspecified atom stereocenters. The molecule has 0 fully saturated rings. The summed E-state index contributed by atoms with van der Waals surface area (Å²) in [4.78, 5) is 29.9. The Morgan fingerprint density at radius 1 is 1.17 bits per heavy atom. The number of esters is 1. The molecule has 0 aliphatic carbocycles. The molecule has 2 N–H and O–H groups in total. The highest BCUT2D eigenvalue weighted by molar-refractivity contribution is 5.90. The topological polar surface area (TPSA) is 83.6 Å². The minimum absolute atomic E-state index is 0.100. The number of ether oxygens (including phenoxy) is 1. The molecule has 23 heavy (non-hydrogen) atoms. The average Bonchev–Trinajstić information content (AvgIpc) is 2.47. The van der Waals surface area contributed by atoms with E-state index < -0.39 is 17.1 Å². The van der Waals surface area contributed by atoms with Crippen LogP contribution in [0.4, 0.5) is 5.69 Å². The zero-order chi connectivity index (χ0) is 17.2. The SMILES string of the molecule is COC(=O)c1cc(-c2cccc(N)c2)cn(OC(C)(C)C)c1=O. The lowest BCUT2D eigenvalue weighted by atomic mass is 10.1. The number of hydrogen-bond donors (Lipinski definition) is 1. The summed E-state index contributed by atoms with van der Waals surface area (Å²) in [5.41, 5.74) is 6.49. The van der Waals surface area contributed by atoms with Gasteiger partial charge in [-0.2, -0.15) is 4.73 Å². The van der Waals surface area contributed by atoms with Crippen LogP contribution in [0.15, 0.2) is 41.3 Å². The summed E-state index contributed by atoms with van der Waals surface area (Å²) < 4.78 is 5.74. The van der Waals surface area contributed by atoms with Crippen molar-refractivity contribution < 1.29 is 14.4 Å². The smallest absolute Gasteiger partial charge is 0.343 e. The van der Waals surface area contributed by atoms with Crippen molar-refractivity contribution in [3.63, 3.8) is 0 Å². The lowest BCUT2D eigenvalue weighted by Crippen LogP contribution is -2.39. The molecule has 122 valence electrons. The first-order valence-electron chi connectivity index (χ1n) is 7.12. The van der Waals surface area contributed by atoms with Crippen molar-refractivity contribution in [1.82, 2.24) is 4.73 Å². The van der Waals surface area contributed by atoms with Crippen molar-refractivity contribution in [1.29, 1.82) is 0 Å². The van der Waals surface area contributed by atoms with E-state index in [1.54, 1.807) is 18.2 Å². The van der Waals surface area contributed by atoms with Crippen LogP contribution in [0.25, 0.3) is 11.1 Å². The lowest BCUT2D eigenvalue weighted by Gasteiger charge is -2.22. The number of methoxy groups -OCH3 is 1. The van der Waals surface area contributed by atoms with Crippen LogP contribution in [-0.4, -0.2) is 23.4 Å². The molecule has 6 heteroatoms. The van der Waals surface area contributed by atoms with Crippen molar-refractivity contribution in [2.45, 2.75) is 26.4 Å². The number of nitrogens with zero attached hydrogens (tertiary/aromatic N) is 1. The van der Waals surface area contributed by atoms with Crippen molar-refractivity contribution in [2.75, 3.05) is 12.8 Å². The average molecular weight is 316 g/mol. The van der Waals surface area contributed by atoms with Gasteiger partial charge in [-0.3, -0.25) is 4.79 Å². The molecule has 0 spiro atoms. The van der Waals surface area contributed by atoms with Crippen LogP contribution in [0.3, 0.4) is 0 Å². The number of benzene rings is 1. The van der Waals surface area contributed by atoms with Gasteiger partial charge >= 0.3 is 5.97 Å². The van der Waals surface area contributed by atoms with Crippen molar-refractivity contribution in [3.8, 4) is 11.1 Å². The van der Waals surface area contributed by atoms with E-state index in [1.807, 2.05) is 26.8 Å². The second-order valence-corrected chi connectivity index (χ2v) is 6.09. The standard InChI is InChI=1S/C17H20N2O4/c1-17(2,3)23-19-10-12(11-6-5-7-13(18)8-11)9-14(15(19)20)16(21)22-4/h5-10H,18H2,1-4H3. The third kappa shape index (κ3) is 3.91. The molecule has 0 radical (unpaired) electrons. The summed E-state index contributed by atoms with van der Waals surface area (Å²) in [6.45, 7) is 5.43. The monoisotopic (exact) mass is 316 g/mol. The molecular formula is C17H20N2O4. The quantitative estimate of drug-likeness (QED) is 0.692. The summed E-state index contributed by atoms with van der Waals surface area (Å²) in [6, 6.07) is 8.61. The fraction of sp³-hybridized carbons (Fsp3) is 0.294. The van der Waals surface area contributed by atoms with E-state index in [0.717, 1.165) is 10.3 Å². The largest absolute Gasteiger partial charge is 0.465 e. The van der Waals surface area contributed by atoms with Crippen molar-refractivity contribution >= 4 is 11.7 Å². The maximum atomic E-state index is 12.4. The minimum Gasteiger partial charge on any atom is -0.465 e. The number of pyridine rings is 1. The fourth-order valence-corrected chi connectivity index (χ4v) is 2.05. The molecule has 0 saturated carbocycles. The van der Waals surface area contributed by atoms with Gasteiger partial charge in [0.1, 0.15) is 11.2 Å². The van der Waals surface area contributed by atoms with E-state index in [2.05, 4.69) is 4.74 Å². The first kappa shape index (κ1) is 16.6. The molecule has 1 aromatic carbocycles. The molecule has 0 atom stereocenters. The highest BCUT2D eigenvalue weighted by atomic mass is 16.7. The minimum atomic E-state index is -0.716. The van der Waals surface area contributed by atoms with Crippen LogP contribution in [0.2, 0.25) is 0 Å². The molecule has 0 aliphatic heterocycles. The van der Waals surface area contributed by atoms with E-state index in [9.17, 15) is 9.59 Å².